The zero-order valence-corrected chi connectivity index (χ0v) is 13.4. The fourth-order valence-electron chi connectivity index (χ4n) is 3.02. The summed E-state index contributed by atoms with van der Waals surface area (Å²) >= 11 is 0. The number of halogens is 1. The van der Waals surface area contributed by atoms with Crippen LogP contribution in [0.3, 0.4) is 0 Å². The Morgan fingerprint density at radius 1 is 1.33 bits per heavy atom. The van der Waals surface area contributed by atoms with Gasteiger partial charge in [-0.2, -0.15) is 0 Å². The second kappa shape index (κ2) is 6.97. The first-order chi connectivity index (χ1) is 11.6. The van der Waals surface area contributed by atoms with Crippen LogP contribution in [0.2, 0.25) is 0 Å². The van der Waals surface area contributed by atoms with Gasteiger partial charge in [-0.15, -0.1) is 0 Å². The Bertz CT molecular complexity index is 720. The van der Waals surface area contributed by atoms with Crippen molar-refractivity contribution in [3.05, 3.63) is 59.5 Å². The van der Waals surface area contributed by atoms with Crippen molar-refractivity contribution < 1.29 is 19.0 Å². The molecule has 3 rings (SSSR count). The molecule has 5 nitrogen and oxygen atoms in total. The number of likely N-dealkylation sites (tertiary alicyclic amines) is 1. The molecule has 0 aliphatic carbocycles. The fourth-order valence-corrected chi connectivity index (χ4v) is 3.02. The van der Waals surface area contributed by atoms with Crippen LogP contribution in [0.4, 0.5) is 4.39 Å². The monoisotopic (exact) mass is 330 g/mol. The van der Waals surface area contributed by atoms with Gasteiger partial charge < -0.3 is 14.7 Å². The third kappa shape index (κ3) is 3.54. The first kappa shape index (κ1) is 16.4. The second-order valence-electron chi connectivity index (χ2n) is 5.85. The molecule has 1 aromatic heterocycles. The van der Waals surface area contributed by atoms with Crippen molar-refractivity contribution >= 4 is 5.91 Å². The maximum Gasteiger partial charge on any atom is 0.229 e. The average Bonchev–Trinajstić information content (AvgIpc) is 2.97. The summed E-state index contributed by atoms with van der Waals surface area (Å²) in [7, 11) is 1.52. The summed E-state index contributed by atoms with van der Waals surface area (Å²) in [5.41, 5.74) is 1.43. The first-order valence-electron chi connectivity index (χ1n) is 7.79. The Hall–Kier alpha value is -2.47. The number of rotatable bonds is 4. The molecule has 24 heavy (non-hydrogen) atoms. The Morgan fingerprint density at radius 2 is 2.08 bits per heavy atom. The largest absolute Gasteiger partial charge is 0.481 e. The van der Waals surface area contributed by atoms with E-state index in [9.17, 15) is 14.3 Å². The molecule has 0 saturated carbocycles. The van der Waals surface area contributed by atoms with E-state index in [-0.39, 0.29) is 30.7 Å². The Labute approximate surface area is 139 Å². The highest BCUT2D eigenvalue weighted by Crippen LogP contribution is 2.32. The molecular weight excluding hydrogens is 311 g/mol. The highest BCUT2D eigenvalue weighted by molar-refractivity contribution is 5.79. The Kier molecular flexibility index (Phi) is 4.76. The number of ether oxygens (including phenoxy) is 1. The van der Waals surface area contributed by atoms with Gasteiger partial charge >= 0.3 is 0 Å². The second-order valence-corrected chi connectivity index (χ2v) is 5.85. The van der Waals surface area contributed by atoms with Gasteiger partial charge in [0, 0.05) is 12.6 Å². The van der Waals surface area contributed by atoms with Crippen LogP contribution in [0, 0.1) is 5.82 Å². The number of carbonyl (C=O) groups is 1. The molecule has 1 aliphatic heterocycles. The molecule has 1 N–H and O–H groups in total. The highest BCUT2D eigenvalue weighted by Gasteiger charge is 2.35. The Balaban J connectivity index is 1.77. The lowest BCUT2D eigenvalue weighted by molar-refractivity contribution is -0.131. The van der Waals surface area contributed by atoms with Gasteiger partial charge in [-0.1, -0.05) is 18.2 Å². The quantitative estimate of drug-likeness (QED) is 0.933. The highest BCUT2D eigenvalue weighted by atomic mass is 19.1. The van der Waals surface area contributed by atoms with E-state index in [1.54, 1.807) is 35.2 Å². The van der Waals surface area contributed by atoms with E-state index in [1.807, 2.05) is 0 Å². The standard InChI is InChI=1S/C18H19FN2O3/c1-24-17-4-2-3-14(20-17)9-18(23)21-11-15(22)10-16(21)12-5-7-13(19)8-6-12/h2-8,15-16,22H,9-11H2,1H3/t15-,16-/m1/s1. The summed E-state index contributed by atoms with van der Waals surface area (Å²) in [5, 5.41) is 9.98. The fraction of sp³-hybridized carbons (Fsp3) is 0.333. The van der Waals surface area contributed by atoms with E-state index in [4.69, 9.17) is 4.74 Å². The number of amides is 1. The molecule has 0 bridgehead atoms. The number of pyridine rings is 1. The van der Waals surface area contributed by atoms with Gasteiger partial charge in [-0.25, -0.2) is 9.37 Å². The van der Waals surface area contributed by atoms with Crippen LogP contribution < -0.4 is 4.74 Å². The van der Waals surface area contributed by atoms with E-state index < -0.39 is 6.10 Å². The molecule has 126 valence electrons. The number of methoxy groups -OCH3 is 1. The van der Waals surface area contributed by atoms with Crippen molar-refractivity contribution in [2.75, 3.05) is 13.7 Å². The van der Waals surface area contributed by atoms with Crippen molar-refractivity contribution in [1.82, 2.24) is 9.88 Å². The number of carbonyl (C=O) groups excluding carboxylic acids is 1. The van der Waals surface area contributed by atoms with Crippen LogP contribution in [0.25, 0.3) is 0 Å². The number of hydrogen-bond donors (Lipinski definition) is 1. The van der Waals surface area contributed by atoms with Crippen molar-refractivity contribution in [3.8, 4) is 5.88 Å². The van der Waals surface area contributed by atoms with Gasteiger partial charge in [-0.3, -0.25) is 4.79 Å². The van der Waals surface area contributed by atoms with E-state index in [2.05, 4.69) is 4.98 Å². The molecule has 1 fully saturated rings. The predicted molar refractivity (Wildman–Crippen MR) is 86.0 cm³/mol. The molecular formula is C18H19FN2O3. The van der Waals surface area contributed by atoms with E-state index in [0.717, 1.165) is 5.56 Å². The summed E-state index contributed by atoms with van der Waals surface area (Å²) in [5.74, 6) is 0.00854. The number of nitrogens with zero attached hydrogens (tertiary/aromatic N) is 2. The van der Waals surface area contributed by atoms with Crippen molar-refractivity contribution in [2.24, 2.45) is 0 Å². The van der Waals surface area contributed by atoms with Gasteiger partial charge in [0.1, 0.15) is 5.82 Å². The predicted octanol–water partition coefficient (Wildman–Crippen LogP) is 2.11. The normalized spacial score (nSPS) is 20.2. The topological polar surface area (TPSA) is 62.7 Å². The molecule has 2 heterocycles. The van der Waals surface area contributed by atoms with Crippen LogP contribution in [0.5, 0.6) is 5.88 Å². The number of hydrogen-bond acceptors (Lipinski definition) is 4. The molecule has 1 saturated heterocycles. The zero-order chi connectivity index (χ0) is 17.1. The average molecular weight is 330 g/mol. The van der Waals surface area contributed by atoms with Crippen molar-refractivity contribution in [3.63, 3.8) is 0 Å². The minimum absolute atomic E-state index is 0.123. The van der Waals surface area contributed by atoms with Gasteiger partial charge in [0.2, 0.25) is 11.8 Å². The lowest BCUT2D eigenvalue weighted by Crippen LogP contribution is -2.33. The van der Waals surface area contributed by atoms with E-state index in [1.165, 1.54) is 19.2 Å². The Morgan fingerprint density at radius 3 is 2.79 bits per heavy atom. The molecule has 2 aromatic rings. The lowest BCUT2D eigenvalue weighted by Gasteiger charge is -2.24. The molecule has 1 aliphatic rings. The SMILES string of the molecule is COc1cccc(CC(=O)N2C[C@H](O)C[C@@H]2c2ccc(F)cc2)n1. The summed E-state index contributed by atoms with van der Waals surface area (Å²) in [6.45, 7) is 0.269. The van der Waals surface area contributed by atoms with Crippen LogP contribution in [0.15, 0.2) is 42.5 Å². The van der Waals surface area contributed by atoms with Crippen molar-refractivity contribution in [2.45, 2.75) is 25.0 Å². The third-order valence-electron chi connectivity index (χ3n) is 4.18. The van der Waals surface area contributed by atoms with Crippen molar-refractivity contribution in [1.29, 1.82) is 0 Å². The van der Waals surface area contributed by atoms with Crippen LogP contribution in [0.1, 0.15) is 23.7 Å². The summed E-state index contributed by atoms with van der Waals surface area (Å²) < 4.78 is 18.2. The van der Waals surface area contributed by atoms with E-state index >= 15 is 0 Å². The molecule has 1 amide bonds. The number of aliphatic hydroxyl groups is 1. The molecule has 2 atom stereocenters. The van der Waals surface area contributed by atoms with E-state index in [0.29, 0.717) is 18.0 Å². The maximum atomic E-state index is 13.1. The minimum atomic E-state index is -0.581. The number of benzene rings is 1. The molecule has 0 spiro atoms. The van der Waals surface area contributed by atoms with Crippen LogP contribution in [-0.2, 0) is 11.2 Å². The zero-order valence-electron chi connectivity index (χ0n) is 13.4. The molecule has 0 radical (unpaired) electrons. The van der Waals surface area contributed by atoms with Gasteiger partial charge in [-0.05, 0) is 30.2 Å². The number of aliphatic hydroxyl groups excluding tert-OH is 1. The molecule has 6 heteroatoms. The maximum absolute atomic E-state index is 13.1. The third-order valence-corrected chi connectivity index (χ3v) is 4.18. The summed E-state index contributed by atoms with van der Waals surface area (Å²) in [6.07, 6.45) is -0.00729. The van der Waals surface area contributed by atoms with Gasteiger partial charge in [0.15, 0.2) is 0 Å². The van der Waals surface area contributed by atoms with Crippen LogP contribution >= 0.6 is 0 Å². The van der Waals surface area contributed by atoms with Gasteiger partial charge in [0.25, 0.3) is 0 Å². The smallest absolute Gasteiger partial charge is 0.229 e. The summed E-state index contributed by atoms with van der Waals surface area (Å²) in [4.78, 5) is 18.6. The molecule has 1 aromatic carbocycles. The van der Waals surface area contributed by atoms with Gasteiger partial charge in [0.05, 0.1) is 31.4 Å². The number of aromatic nitrogens is 1. The van der Waals surface area contributed by atoms with Crippen LogP contribution in [-0.4, -0.2) is 40.7 Å². The first-order valence-corrected chi connectivity index (χ1v) is 7.79. The lowest BCUT2D eigenvalue weighted by atomic mass is 10.0. The summed E-state index contributed by atoms with van der Waals surface area (Å²) in [6, 6.07) is 11.1. The molecule has 0 unspecified atom stereocenters. The minimum Gasteiger partial charge on any atom is -0.481 e. The number of β-amino-alcohol motifs (C(OH)–C–C–N with tert-alkyl or cyclic N) is 1.